The first-order valence-electron chi connectivity index (χ1n) is 3.05. The van der Waals surface area contributed by atoms with Crippen LogP contribution in [0.5, 0.6) is 0 Å². The number of nitrogens with zero attached hydrogens (tertiary/aromatic N) is 3. The van der Waals surface area contributed by atoms with Crippen molar-refractivity contribution in [2.24, 2.45) is 0 Å². The van der Waals surface area contributed by atoms with Crippen LogP contribution < -0.4 is 0 Å². The highest BCUT2D eigenvalue weighted by atomic mass is 14.7. The van der Waals surface area contributed by atoms with Crippen molar-refractivity contribution in [2.45, 2.75) is 6.42 Å². The molecule has 1 heterocycles. The summed E-state index contributed by atoms with van der Waals surface area (Å²) >= 11 is 0. The summed E-state index contributed by atoms with van der Waals surface area (Å²) in [6, 6.07) is 1.92. The van der Waals surface area contributed by atoms with Gasteiger partial charge in [-0.2, -0.15) is 5.26 Å². The average molecular weight is 143 g/mol. The molecule has 0 N–H and O–H groups in total. The molecule has 1 rings (SSSR count). The van der Waals surface area contributed by atoms with E-state index in [1.54, 1.807) is 18.6 Å². The smallest absolute Gasteiger partial charge is 0.131 e. The monoisotopic (exact) mass is 143 g/mol. The molecule has 0 radical (unpaired) electrons. The highest BCUT2D eigenvalue weighted by molar-refractivity contribution is 5.24. The Hall–Kier alpha value is -1.87. The van der Waals surface area contributed by atoms with Crippen molar-refractivity contribution in [1.82, 2.24) is 9.97 Å². The van der Waals surface area contributed by atoms with Gasteiger partial charge in [0.05, 0.1) is 18.7 Å². The first-order valence-corrected chi connectivity index (χ1v) is 3.05. The summed E-state index contributed by atoms with van der Waals surface area (Å²) in [4.78, 5) is 7.72. The van der Waals surface area contributed by atoms with Gasteiger partial charge in [0.2, 0.25) is 0 Å². The maximum absolute atomic E-state index is 8.16. The minimum atomic E-state index is 0.233. The Labute approximate surface area is 64.7 Å². The summed E-state index contributed by atoms with van der Waals surface area (Å²) in [5, 5.41) is 8.16. The number of rotatable bonds is 0. The maximum atomic E-state index is 8.16. The molecule has 0 saturated heterocycles. The van der Waals surface area contributed by atoms with E-state index >= 15 is 0 Å². The molecule has 0 aliphatic heterocycles. The van der Waals surface area contributed by atoms with Crippen LogP contribution in [-0.4, -0.2) is 9.97 Å². The molecule has 0 fully saturated rings. The SMILES string of the molecule is N#CCC#Cc1cnccn1. The molecule has 0 aliphatic carbocycles. The molecule has 0 saturated carbocycles. The van der Waals surface area contributed by atoms with Gasteiger partial charge in [-0.3, -0.25) is 4.98 Å². The Morgan fingerprint density at radius 2 is 2.36 bits per heavy atom. The summed E-state index contributed by atoms with van der Waals surface area (Å²) in [6.45, 7) is 0. The quantitative estimate of drug-likeness (QED) is 0.503. The molecular weight excluding hydrogens is 138 g/mol. The lowest BCUT2D eigenvalue weighted by Crippen LogP contribution is -1.81. The molecule has 0 aliphatic rings. The third-order valence-electron chi connectivity index (χ3n) is 0.947. The zero-order valence-corrected chi connectivity index (χ0v) is 5.78. The van der Waals surface area contributed by atoms with Gasteiger partial charge < -0.3 is 0 Å². The van der Waals surface area contributed by atoms with Gasteiger partial charge in [0.25, 0.3) is 0 Å². The first-order chi connectivity index (χ1) is 5.43. The van der Waals surface area contributed by atoms with Gasteiger partial charge in [0.15, 0.2) is 0 Å². The number of hydrogen-bond acceptors (Lipinski definition) is 3. The second-order valence-corrected chi connectivity index (χ2v) is 1.73. The van der Waals surface area contributed by atoms with E-state index in [0.29, 0.717) is 5.69 Å². The zero-order chi connectivity index (χ0) is 7.94. The van der Waals surface area contributed by atoms with Gasteiger partial charge in [-0.1, -0.05) is 5.92 Å². The van der Waals surface area contributed by atoms with E-state index in [9.17, 15) is 0 Å². The molecular formula is C8H5N3. The van der Waals surface area contributed by atoms with E-state index in [1.807, 2.05) is 6.07 Å². The lowest BCUT2D eigenvalue weighted by Gasteiger charge is -1.82. The number of nitriles is 1. The molecule has 11 heavy (non-hydrogen) atoms. The average Bonchev–Trinajstić information content (AvgIpc) is 2.07. The van der Waals surface area contributed by atoms with Gasteiger partial charge in [-0.05, 0) is 5.92 Å². The number of hydrogen-bond donors (Lipinski definition) is 0. The summed E-state index contributed by atoms with van der Waals surface area (Å²) in [7, 11) is 0. The van der Waals surface area contributed by atoms with Crippen LogP contribution in [0, 0.1) is 23.2 Å². The summed E-state index contributed by atoms with van der Waals surface area (Å²) in [6.07, 6.45) is 4.94. The second-order valence-electron chi connectivity index (χ2n) is 1.73. The normalized spacial score (nSPS) is 7.55. The van der Waals surface area contributed by atoms with Gasteiger partial charge in [-0.15, -0.1) is 0 Å². The maximum Gasteiger partial charge on any atom is 0.131 e. The lowest BCUT2D eigenvalue weighted by atomic mass is 10.4. The van der Waals surface area contributed by atoms with Crippen LogP contribution in [-0.2, 0) is 0 Å². The predicted octanol–water partition coefficient (Wildman–Crippen LogP) is 0.742. The van der Waals surface area contributed by atoms with Crippen molar-refractivity contribution in [3.63, 3.8) is 0 Å². The fourth-order valence-corrected chi connectivity index (χ4v) is 0.538. The molecule has 1 aromatic rings. The fourth-order valence-electron chi connectivity index (χ4n) is 0.538. The molecule has 3 heteroatoms. The topological polar surface area (TPSA) is 49.6 Å². The summed E-state index contributed by atoms with van der Waals surface area (Å²) in [5.41, 5.74) is 0.600. The largest absolute Gasteiger partial charge is 0.260 e. The van der Waals surface area contributed by atoms with Crippen LogP contribution >= 0.6 is 0 Å². The predicted molar refractivity (Wildman–Crippen MR) is 39.1 cm³/mol. The standard InChI is InChI=1S/C8H5N3/c9-4-2-1-3-8-7-10-5-6-11-8/h5-7H,2H2. The Kier molecular flexibility index (Phi) is 2.65. The Balaban J connectivity index is 2.68. The second kappa shape index (κ2) is 4.03. The van der Waals surface area contributed by atoms with Crippen LogP contribution in [0.3, 0.4) is 0 Å². The van der Waals surface area contributed by atoms with Crippen molar-refractivity contribution in [1.29, 1.82) is 5.26 Å². The Bertz CT molecular complexity index is 313. The fraction of sp³-hybridized carbons (Fsp3) is 0.125. The van der Waals surface area contributed by atoms with E-state index in [1.165, 1.54) is 0 Å². The molecule has 0 aromatic carbocycles. The summed E-state index contributed by atoms with van der Waals surface area (Å²) in [5.74, 6) is 5.34. The molecule has 52 valence electrons. The van der Waals surface area contributed by atoms with E-state index in [2.05, 4.69) is 21.8 Å². The first kappa shape index (κ1) is 7.24. The van der Waals surface area contributed by atoms with Gasteiger partial charge in [-0.25, -0.2) is 4.98 Å². The minimum absolute atomic E-state index is 0.233. The van der Waals surface area contributed by atoms with Crippen LogP contribution in [0.4, 0.5) is 0 Å². The van der Waals surface area contributed by atoms with Gasteiger partial charge in [0.1, 0.15) is 5.69 Å². The Morgan fingerprint density at radius 3 is 3.00 bits per heavy atom. The van der Waals surface area contributed by atoms with Crippen LogP contribution in [0.25, 0.3) is 0 Å². The van der Waals surface area contributed by atoms with Crippen LogP contribution in [0.1, 0.15) is 12.1 Å². The zero-order valence-electron chi connectivity index (χ0n) is 5.78. The van der Waals surface area contributed by atoms with Gasteiger partial charge in [0, 0.05) is 12.4 Å². The highest BCUT2D eigenvalue weighted by Crippen LogP contribution is 1.85. The van der Waals surface area contributed by atoms with E-state index < -0.39 is 0 Å². The molecule has 0 atom stereocenters. The van der Waals surface area contributed by atoms with E-state index in [4.69, 9.17) is 5.26 Å². The van der Waals surface area contributed by atoms with E-state index in [-0.39, 0.29) is 6.42 Å². The third kappa shape index (κ3) is 2.47. The van der Waals surface area contributed by atoms with Crippen molar-refractivity contribution in [3.05, 3.63) is 24.3 Å². The molecule has 0 amide bonds. The number of aromatic nitrogens is 2. The van der Waals surface area contributed by atoms with Crippen LogP contribution in [0.2, 0.25) is 0 Å². The molecule has 0 unspecified atom stereocenters. The molecule has 0 spiro atoms. The minimum Gasteiger partial charge on any atom is -0.260 e. The molecule has 0 bridgehead atoms. The lowest BCUT2D eigenvalue weighted by molar-refractivity contribution is 1.17. The van der Waals surface area contributed by atoms with Crippen LogP contribution in [0.15, 0.2) is 18.6 Å². The van der Waals surface area contributed by atoms with Crippen molar-refractivity contribution >= 4 is 0 Å². The third-order valence-corrected chi connectivity index (χ3v) is 0.947. The summed E-state index contributed by atoms with van der Waals surface area (Å²) < 4.78 is 0. The Morgan fingerprint density at radius 1 is 1.45 bits per heavy atom. The van der Waals surface area contributed by atoms with Gasteiger partial charge >= 0.3 is 0 Å². The van der Waals surface area contributed by atoms with Crippen molar-refractivity contribution < 1.29 is 0 Å². The van der Waals surface area contributed by atoms with Crippen molar-refractivity contribution in [3.8, 4) is 17.9 Å². The van der Waals surface area contributed by atoms with Crippen molar-refractivity contribution in [2.75, 3.05) is 0 Å². The molecule has 3 nitrogen and oxygen atoms in total. The molecule has 1 aromatic heterocycles. The highest BCUT2D eigenvalue weighted by Gasteiger charge is 1.82. The van der Waals surface area contributed by atoms with E-state index in [0.717, 1.165) is 0 Å².